The van der Waals surface area contributed by atoms with Crippen LogP contribution in [0.2, 0.25) is 0 Å². The average Bonchev–Trinajstić information content (AvgIpc) is 2.15. The zero-order valence-electron chi connectivity index (χ0n) is 7.06. The smallest absolute Gasteiger partial charge is 0.339 e. The number of para-hydroxylation sites is 1. The van der Waals surface area contributed by atoms with Crippen LogP contribution in [0, 0.1) is 0 Å². The number of carboxylic acids is 1. The van der Waals surface area contributed by atoms with Crippen LogP contribution in [0.1, 0.15) is 10.4 Å². The van der Waals surface area contributed by atoms with E-state index in [1.54, 1.807) is 24.3 Å². The molecule has 0 bridgehead atoms. The van der Waals surface area contributed by atoms with E-state index >= 15 is 0 Å². The molecule has 0 amide bonds. The number of carbonyl (C=O) groups is 1. The van der Waals surface area contributed by atoms with Crippen LogP contribution in [0.25, 0.3) is 0 Å². The van der Waals surface area contributed by atoms with Gasteiger partial charge in [0.1, 0.15) is 17.9 Å². The van der Waals surface area contributed by atoms with E-state index in [4.69, 9.17) is 9.84 Å². The lowest BCUT2D eigenvalue weighted by molar-refractivity contribution is 0.0693. The molecule has 74 valence electrons. The topological polar surface area (TPSA) is 46.5 Å². The number of carboxylic acid groups (broad SMARTS) is 1. The van der Waals surface area contributed by atoms with Gasteiger partial charge in [0.2, 0.25) is 0 Å². The van der Waals surface area contributed by atoms with E-state index in [1.165, 1.54) is 6.07 Å². The summed E-state index contributed by atoms with van der Waals surface area (Å²) in [4.78, 5) is 10.7. The molecule has 0 atom stereocenters. The summed E-state index contributed by atoms with van der Waals surface area (Å²) >= 11 is 0. The zero-order valence-corrected chi connectivity index (χ0v) is 7.06. The molecule has 0 unspecified atom stereocenters. The van der Waals surface area contributed by atoms with E-state index in [0.29, 0.717) is 12.4 Å². The molecule has 0 saturated heterocycles. The second-order valence-electron chi connectivity index (χ2n) is 2.40. The highest BCUT2D eigenvalue weighted by Gasteiger charge is 2.08. The van der Waals surface area contributed by atoms with Gasteiger partial charge in [0.15, 0.2) is 17.4 Å². The van der Waals surface area contributed by atoms with E-state index in [2.05, 4.69) is 6.58 Å². The minimum absolute atomic E-state index is 0. The number of hydrogen-bond donors (Lipinski definition) is 1. The van der Waals surface area contributed by atoms with Gasteiger partial charge in [-0.05, 0) is 12.1 Å². The Labute approximate surface area is 93.1 Å². The predicted molar refractivity (Wildman–Crippen MR) is 59.0 cm³/mol. The van der Waals surface area contributed by atoms with Crippen LogP contribution in [0.5, 0.6) is 5.75 Å². The Morgan fingerprint density at radius 1 is 1.50 bits per heavy atom. The molecule has 0 aromatic heterocycles. The minimum atomic E-state index is -0.986. The van der Waals surface area contributed by atoms with Crippen LogP contribution in [0.4, 0.5) is 0 Å². The molecule has 0 fully saturated rings. The zero-order chi connectivity index (χ0) is 9.68. The molecule has 1 rings (SSSR count). The van der Waals surface area contributed by atoms with Gasteiger partial charge < -0.3 is 9.84 Å². The highest BCUT2D eigenvalue weighted by molar-refractivity contribution is 5.90. The standard InChI is InChI=1S/C10H10O3.Al.3H/c1-2-7-13-9-6-4-3-5-8(9)10(11)12;;;;/h2-6H,1,7H2,(H,11,12);;;;. The molecule has 0 aliphatic carbocycles. The molecule has 14 heavy (non-hydrogen) atoms. The Morgan fingerprint density at radius 3 is 2.71 bits per heavy atom. The number of hydrogen-bond acceptors (Lipinski definition) is 2. The quantitative estimate of drug-likeness (QED) is 0.587. The largest absolute Gasteiger partial charge is 0.489 e. The van der Waals surface area contributed by atoms with Gasteiger partial charge in [0.05, 0.1) is 0 Å². The van der Waals surface area contributed by atoms with E-state index in [0.717, 1.165) is 0 Å². The average molecular weight is 208 g/mol. The third-order valence-corrected chi connectivity index (χ3v) is 1.47. The third-order valence-electron chi connectivity index (χ3n) is 1.47. The summed E-state index contributed by atoms with van der Waals surface area (Å²) in [6.07, 6.45) is 1.57. The lowest BCUT2D eigenvalue weighted by Gasteiger charge is -2.05. The van der Waals surface area contributed by atoms with Gasteiger partial charge in [-0.2, -0.15) is 0 Å². The van der Waals surface area contributed by atoms with E-state index in [1.807, 2.05) is 0 Å². The van der Waals surface area contributed by atoms with Gasteiger partial charge in [-0.3, -0.25) is 0 Å². The maximum absolute atomic E-state index is 10.7. The van der Waals surface area contributed by atoms with Crippen LogP contribution >= 0.6 is 0 Å². The summed E-state index contributed by atoms with van der Waals surface area (Å²) in [6, 6.07) is 6.50. The third kappa shape index (κ3) is 3.25. The highest BCUT2D eigenvalue weighted by atomic mass is 27.0. The fourth-order valence-corrected chi connectivity index (χ4v) is 0.918. The number of benzene rings is 1. The van der Waals surface area contributed by atoms with E-state index in [-0.39, 0.29) is 22.9 Å². The minimum Gasteiger partial charge on any atom is -0.489 e. The van der Waals surface area contributed by atoms with Crippen LogP contribution in [0.3, 0.4) is 0 Å². The van der Waals surface area contributed by atoms with Crippen molar-refractivity contribution in [2.75, 3.05) is 6.61 Å². The Morgan fingerprint density at radius 2 is 2.14 bits per heavy atom. The molecule has 1 aromatic carbocycles. The Balaban J connectivity index is 0.00000169. The van der Waals surface area contributed by atoms with Crippen LogP contribution < -0.4 is 4.74 Å². The van der Waals surface area contributed by atoms with Gasteiger partial charge in [0, 0.05) is 0 Å². The lowest BCUT2D eigenvalue weighted by atomic mass is 10.2. The summed E-state index contributed by atoms with van der Waals surface area (Å²) in [5, 5.41) is 8.76. The molecular formula is C10H13AlO3. The van der Waals surface area contributed by atoms with Crippen LogP contribution in [-0.2, 0) is 0 Å². The first-order valence-corrected chi connectivity index (χ1v) is 3.81. The van der Waals surface area contributed by atoms with Gasteiger partial charge in [0.25, 0.3) is 0 Å². The van der Waals surface area contributed by atoms with Gasteiger partial charge >= 0.3 is 5.97 Å². The second kappa shape index (κ2) is 6.25. The van der Waals surface area contributed by atoms with E-state index < -0.39 is 5.97 Å². The maximum atomic E-state index is 10.7. The summed E-state index contributed by atoms with van der Waals surface area (Å²) in [7, 11) is 0. The maximum Gasteiger partial charge on any atom is 0.339 e. The van der Waals surface area contributed by atoms with Gasteiger partial charge in [-0.15, -0.1) is 0 Å². The Hall–Kier alpha value is -1.24. The van der Waals surface area contributed by atoms with Crippen molar-refractivity contribution in [3.8, 4) is 5.75 Å². The van der Waals surface area contributed by atoms with Gasteiger partial charge in [-0.25, -0.2) is 4.79 Å². The first-order valence-electron chi connectivity index (χ1n) is 3.81. The normalized spacial score (nSPS) is 8.57. The van der Waals surface area contributed by atoms with Crippen molar-refractivity contribution in [2.24, 2.45) is 0 Å². The van der Waals surface area contributed by atoms with Crippen molar-refractivity contribution < 1.29 is 14.6 Å². The molecule has 0 heterocycles. The highest BCUT2D eigenvalue weighted by Crippen LogP contribution is 2.17. The monoisotopic (exact) mass is 208 g/mol. The van der Waals surface area contributed by atoms with Crippen molar-refractivity contribution in [2.45, 2.75) is 0 Å². The van der Waals surface area contributed by atoms with E-state index in [9.17, 15) is 4.79 Å². The molecule has 0 radical (unpaired) electrons. The summed E-state index contributed by atoms with van der Waals surface area (Å²) in [5.74, 6) is -0.616. The molecule has 0 aliphatic heterocycles. The number of aromatic carboxylic acids is 1. The molecular weight excluding hydrogens is 195 g/mol. The number of rotatable bonds is 4. The molecule has 1 N–H and O–H groups in total. The molecule has 4 heteroatoms. The van der Waals surface area contributed by atoms with Crippen molar-refractivity contribution >= 4 is 23.3 Å². The molecule has 0 aliphatic rings. The van der Waals surface area contributed by atoms with Crippen molar-refractivity contribution in [1.82, 2.24) is 0 Å². The molecule has 0 spiro atoms. The van der Waals surface area contributed by atoms with Crippen molar-refractivity contribution in [3.63, 3.8) is 0 Å². The van der Waals surface area contributed by atoms with Crippen molar-refractivity contribution in [1.29, 1.82) is 0 Å². The summed E-state index contributed by atoms with van der Waals surface area (Å²) in [6.45, 7) is 3.79. The lowest BCUT2D eigenvalue weighted by Crippen LogP contribution is -2.02. The van der Waals surface area contributed by atoms with Crippen LogP contribution in [0.15, 0.2) is 36.9 Å². The molecule has 0 saturated carbocycles. The first-order chi connectivity index (χ1) is 6.25. The predicted octanol–water partition coefficient (Wildman–Crippen LogP) is 0.766. The molecule has 3 nitrogen and oxygen atoms in total. The fraction of sp³-hybridized carbons (Fsp3) is 0.100. The number of ether oxygens (including phenoxy) is 1. The SMILES string of the molecule is C=CCOc1ccccc1C(=O)O.[AlH3]. The van der Waals surface area contributed by atoms with Crippen LogP contribution in [-0.4, -0.2) is 35.0 Å². The Kier molecular flexibility index (Phi) is 5.70. The fourth-order valence-electron chi connectivity index (χ4n) is 0.918. The molecule has 1 aromatic rings. The summed E-state index contributed by atoms with van der Waals surface area (Å²) in [5.41, 5.74) is 0.171. The van der Waals surface area contributed by atoms with Gasteiger partial charge in [-0.1, -0.05) is 24.8 Å². The first kappa shape index (κ1) is 12.8. The second-order valence-corrected chi connectivity index (χ2v) is 2.40. The van der Waals surface area contributed by atoms with Crippen molar-refractivity contribution in [3.05, 3.63) is 42.5 Å². The Bertz CT molecular complexity index is 323. The summed E-state index contributed by atoms with van der Waals surface area (Å²) < 4.78 is 5.15.